The Morgan fingerprint density at radius 2 is 2.00 bits per heavy atom. The van der Waals surface area contributed by atoms with Crippen LogP contribution in [0.5, 0.6) is 0 Å². The van der Waals surface area contributed by atoms with Crippen LogP contribution in [-0.4, -0.2) is 43.7 Å². The van der Waals surface area contributed by atoms with E-state index in [4.69, 9.17) is 16.3 Å². The van der Waals surface area contributed by atoms with Crippen molar-refractivity contribution in [3.63, 3.8) is 0 Å². The van der Waals surface area contributed by atoms with Gasteiger partial charge in [0.25, 0.3) is 0 Å². The topological polar surface area (TPSA) is 41.6 Å². The molecule has 0 bridgehead atoms. The van der Waals surface area contributed by atoms with Gasteiger partial charge in [-0.3, -0.25) is 9.69 Å². The number of benzene rings is 1. The number of nitrogens with zero attached hydrogens (tertiary/aromatic N) is 1. The summed E-state index contributed by atoms with van der Waals surface area (Å²) in [7, 11) is 0. The highest BCUT2D eigenvalue weighted by molar-refractivity contribution is 7.10. The number of nitrogens with one attached hydrogen (secondary N) is 1. The monoisotopic (exact) mass is 364 g/mol. The third kappa shape index (κ3) is 4.80. The van der Waals surface area contributed by atoms with E-state index in [0.717, 1.165) is 31.9 Å². The van der Waals surface area contributed by atoms with Gasteiger partial charge >= 0.3 is 0 Å². The molecule has 4 nitrogen and oxygen atoms in total. The summed E-state index contributed by atoms with van der Waals surface area (Å²) in [6, 6.07) is 11.8. The summed E-state index contributed by atoms with van der Waals surface area (Å²) in [6.07, 6.45) is 0.372. The van der Waals surface area contributed by atoms with Crippen LogP contribution >= 0.6 is 22.9 Å². The molecular weight excluding hydrogens is 344 g/mol. The van der Waals surface area contributed by atoms with Crippen LogP contribution in [0.15, 0.2) is 41.8 Å². The summed E-state index contributed by atoms with van der Waals surface area (Å²) >= 11 is 7.61. The molecule has 0 aliphatic carbocycles. The molecule has 0 radical (unpaired) electrons. The quantitative estimate of drug-likeness (QED) is 0.856. The second-order valence-corrected chi connectivity index (χ2v) is 7.20. The van der Waals surface area contributed by atoms with E-state index in [2.05, 4.69) is 27.7 Å². The van der Waals surface area contributed by atoms with Gasteiger partial charge in [0.2, 0.25) is 5.91 Å². The Morgan fingerprint density at radius 1 is 1.25 bits per heavy atom. The number of hydrogen-bond donors (Lipinski definition) is 1. The van der Waals surface area contributed by atoms with Crippen LogP contribution in [0, 0.1) is 0 Å². The van der Waals surface area contributed by atoms with Gasteiger partial charge < -0.3 is 10.1 Å². The largest absolute Gasteiger partial charge is 0.379 e. The molecule has 1 aromatic heterocycles. The number of halogens is 1. The molecule has 1 saturated heterocycles. The zero-order valence-corrected chi connectivity index (χ0v) is 15.0. The lowest BCUT2D eigenvalue weighted by Gasteiger charge is -2.34. The van der Waals surface area contributed by atoms with Crippen molar-refractivity contribution in [2.75, 3.05) is 32.8 Å². The second kappa shape index (κ2) is 8.62. The summed E-state index contributed by atoms with van der Waals surface area (Å²) in [4.78, 5) is 15.9. The smallest absolute Gasteiger partial charge is 0.224 e. The molecule has 2 heterocycles. The number of carbonyl (C=O) groups excluding carboxylic acids is 1. The lowest BCUT2D eigenvalue weighted by molar-refractivity contribution is -0.120. The number of carbonyl (C=O) groups is 1. The van der Waals surface area contributed by atoms with Crippen LogP contribution in [0.1, 0.15) is 16.5 Å². The van der Waals surface area contributed by atoms with E-state index in [1.807, 2.05) is 24.3 Å². The molecular formula is C18H21ClN2O2S. The van der Waals surface area contributed by atoms with Gasteiger partial charge in [0, 0.05) is 29.5 Å². The molecule has 1 aliphatic rings. The Balaban J connectivity index is 1.58. The van der Waals surface area contributed by atoms with Crippen LogP contribution in [0.4, 0.5) is 0 Å². The van der Waals surface area contributed by atoms with E-state index in [0.29, 0.717) is 18.0 Å². The SMILES string of the molecule is O=C(Cc1ccc(Cl)cc1)NC[C@@H](c1cccs1)N1CCOCC1. The number of amides is 1. The van der Waals surface area contributed by atoms with Gasteiger partial charge in [-0.25, -0.2) is 0 Å². The summed E-state index contributed by atoms with van der Waals surface area (Å²) < 4.78 is 5.45. The third-order valence-corrected chi connectivity index (χ3v) is 5.35. The number of rotatable bonds is 6. The molecule has 3 rings (SSSR count). The molecule has 1 aromatic carbocycles. The standard InChI is InChI=1S/C18H21ClN2O2S/c19-15-5-3-14(4-6-15)12-18(22)20-13-16(17-2-1-11-24-17)21-7-9-23-10-8-21/h1-6,11,16H,7-10,12-13H2,(H,20,22)/t16-/m0/s1. The van der Waals surface area contributed by atoms with Gasteiger partial charge in [0.1, 0.15) is 0 Å². The molecule has 0 spiro atoms. The highest BCUT2D eigenvalue weighted by atomic mass is 35.5. The Morgan fingerprint density at radius 3 is 2.67 bits per heavy atom. The number of ether oxygens (including phenoxy) is 1. The maximum atomic E-state index is 12.3. The molecule has 1 N–H and O–H groups in total. The van der Waals surface area contributed by atoms with Crippen LogP contribution in [0.25, 0.3) is 0 Å². The van der Waals surface area contributed by atoms with Crippen molar-refractivity contribution < 1.29 is 9.53 Å². The fraction of sp³-hybridized carbons (Fsp3) is 0.389. The van der Waals surface area contributed by atoms with E-state index in [1.165, 1.54) is 4.88 Å². The minimum Gasteiger partial charge on any atom is -0.379 e. The van der Waals surface area contributed by atoms with E-state index >= 15 is 0 Å². The van der Waals surface area contributed by atoms with Crippen molar-refractivity contribution >= 4 is 28.8 Å². The summed E-state index contributed by atoms with van der Waals surface area (Å²) in [5.41, 5.74) is 0.968. The first kappa shape index (κ1) is 17.4. The first-order valence-electron chi connectivity index (χ1n) is 8.09. The fourth-order valence-corrected chi connectivity index (χ4v) is 3.83. The van der Waals surface area contributed by atoms with Crippen LogP contribution in [-0.2, 0) is 16.0 Å². The van der Waals surface area contributed by atoms with Crippen molar-refractivity contribution in [2.24, 2.45) is 0 Å². The Kier molecular flexibility index (Phi) is 6.26. The molecule has 0 unspecified atom stereocenters. The Hall–Kier alpha value is -1.40. The zero-order valence-electron chi connectivity index (χ0n) is 13.4. The second-order valence-electron chi connectivity index (χ2n) is 5.79. The Bertz CT molecular complexity index is 640. The first-order valence-corrected chi connectivity index (χ1v) is 9.34. The molecule has 2 aromatic rings. The fourth-order valence-electron chi connectivity index (χ4n) is 2.84. The van der Waals surface area contributed by atoms with E-state index < -0.39 is 0 Å². The summed E-state index contributed by atoms with van der Waals surface area (Å²) in [5.74, 6) is 0.0344. The van der Waals surface area contributed by atoms with Crippen molar-refractivity contribution in [3.05, 3.63) is 57.2 Å². The molecule has 24 heavy (non-hydrogen) atoms. The van der Waals surface area contributed by atoms with E-state index in [9.17, 15) is 4.79 Å². The molecule has 0 saturated carbocycles. The molecule has 1 amide bonds. The molecule has 1 atom stereocenters. The predicted octanol–water partition coefficient (Wildman–Crippen LogP) is 3.13. The van der Waals surface area contributed by atoms with Gasteiger partial charge in [-0.15, -0.1) is 11.3 Å². The highest BCUT2D eigenvalue weighted by Crippen LogP contribution is 2.25. The zero-order chi connectivity index (χ0) is 16.8. The van der Waals surface area contributed by atoms with Crippen molar-refractivity contribution in [2.45, 2.75) is 12.5 Å². The third-order valence-electron chi connectivity index (χ3n) is 4.13. The van der Waals surface area contributed by atoms with E-state index in [-0.39, 0.29) is 11.9 Å². The maximum absolute atomic E-state index is 12.3. The average molecular weight is 365 g/mol. The summed E-state index contributed by atoms with van der Waals surface area (Å²) in [6.45, 7) is 3.92. The Labute approximate surface area is 151 Å². The van der Waals surface area contributed by atoms with Crippen molar-refractivity contribution in [1.29, 1.82) is 0 Å². The summed E-state index contributed by atoms with van der Waals surface area (Å²) in [5, 5.41) is 5.85. The van der Waals surface area contributed by atoms with E-state index in [1.54, 1.807) is 11.3 Å². The lowest BCUT2D eigenvalue weighted by Crippen LogP contribution is -2.43. The lowest BCUT2D eigenvalue weighted by atomic mass is 10.1. The number of hydrogen-bond acceptors (Lipinski definition) is 4. The molecule has 128 valence electrons. The predicted molar refractivity (Wildman–Crippen MR) is 97.6 cm³/mol. The number of morpholine rings is 1. The van der Waals surface area contributed by atoms with Gasteiger partial charge in [-0.2, -0.15) is 0 Å². The van der Waals surface area contributed by atoms with Crippen LogP contribution < -0.4 is 5.32 Å². The highest BCUT2D eigenvalue weighted by Gasteiger charge is 2.23. The van der Waals surface area contributed by atoms with Crippen molar-refractivity contribution in [1.82, 2.24) is 10.2 Å². The normalized spacial score (nSPS) is 16.7. The molecule has 1 aliphatic heterocycles. The first-order chi connectivity index (χ1) is 11.7. The minimum atomic E-state index is 0.0344. The number of thiophene rings is 1. The minimum absolute atomic E-state index is 0.0344. The van der Waals surface area contributed by atoms with Gasteiger partial charge in [-0.05, 0) is 29.1 Å². The van der Waals surface area contributed by atoms with Gasteiger partial charge in [0.15, 0.2) is 0 Å². The molecule has 1 fully saturated rings. The van der Waals surface area contributed by atoms with Crippen LogP contribution in [0.3, 0.4) is 0 Å². The molecule has 6 heteroatoms. The maximum Gasteiger partial charge on any atom is 0.224 e. The average Bonchev–Trinajstić information content (AvgIpc) is 3.12. The van der Waals surface area contributed by atoms with Crippen molar-refractivity contribution in [3.8, 4) is 0 Å². The van der Waals surface area contributed by atoms with Crippen LogP contribution in [0.2, 0.25) is 5.02 Å². The van der Waals surface area contributed by atoms with Gasteiger partial charge in [0.05, 0.1) is 25.7 Å². The van der Waals surface area contributed by atoms with Gasteiger partial charge in [-0.1, -0.05) is 29.8 Å².